The first-order valence-corrected chi connectivity index (χ1v) is 7.52. The summed E-state index contributed by atoms with van der Waals surface area (Å²) >= 11 is 0. The van der Waals surface area contributed by atoms with E-state index in [1.165, 1.54) is 6.92 Å². The van der Waals surface area contributed by atoms with Crippen molar-refractivity contribution in [3.05, 3.63) is 59.4 Å². The van der Waals surface area contributed by atoms with E-state index in [1.807, 2.05) is 50.2 Å². The Bertz CT molecular complexity index is 696. The molecule has 0 saturated carbocycles. The number of hydrogen-bond acceptors (Lipinski definition) is 3. The highest BCUT2D eigenvalue weighted by atomic mass is 16.2. The van der Waals surface area contributed by atoms with E-state index in [9.17, 15) is 9.59 Å². The quantitative estimate of drug-likeness (QED) is 0.892. The van der Waals surface area contributed by atoms with Crippen LogP contribution in [0.25, 0.3) is 0 Å². The normalized spacial score (nSPS) is 11.6. The second kappa shape index (κ2) is 7.54. The number of carbonyl (C=O) groups excluding carboxylic acids is 2. The van der Waals surface area contributed by atoms with E-state index in [-0.39, 0.29) is 17.9 Å². The van der Waals surface area contributed by atoms with E-state index >= 15 is 0 Å². The number of nitrogens with one attached hydrogen (secondary N) is 2. The van der Waals surface area contributed by atoms with Gasteiger partial charge in [0.05, 0.1) is 12.5 Å². The topological polar surface area (TPSA) is 71.1 Å². The smallest absolute Gasteiger partial charge is 0.224 e. The molecule has 120 valence electrons. The molecule has 0 spiro atoms. The maximum atomic E-state index is 12.1. The second-order valence-corrected chi connectivity index (χ2v) is 5.58. The van der Waals surface area contributed by atoms with Gasteiger partial charge in [0, 0.05) is 24.5 Å². The molecule has 1 atom stereocenters. The van der Waals surface area contributed by atoms with Gasteiger partial charge in [0.15, 0.2) is 0 Å². The molecule has 2 N–H and O–H groups in total. The lowest BCUT2D eigenvalue weighted by molar-refractivity contribution is -0.121. The van der Waals surface area contributed by atoms with Gasteiger partial charge in [-0.05, 0) is 43.2 Å². The highest BCUT2D eigenvalue weighted by molar-refractivity contribution is 5.88. The standard InChI is InChI=1S/C18H21N3O2/c1-12-7-8-15(11-19-12)9-18(23)20-13(2)16-5-4-6-17(10-16)21-14(3)22/h4-8,10-11,13H,9H2,1-3H3,(H,20,23)(H,21,22). The van der Waals surface area contributed by atoms with Crippen LogP contribution in [-0.2, 0) is 16.0 Å². The molecule has 2 rings (SSSR count). The highest BCUT2D eigenvalue weighted by Gasteiger charge is 2.11. The molecule has 2 aromatic rings. The molecule has 1 aromatic heterocycles. The summed E-state index contributed by atoms with van der Waals surface area (Å²) in [6.07, 6.45) is 2.01. The number of anilines is 1. The summed E-state index contributed by atoms with van der Waals surface area (Å²) < 4.78 is 0. The van der Waals surface area contributed by atoms with E-state index in [4.69, 9.17) is 0 Å². The van der Waals surface area contributed by atoms with Gasteiger partial charge >= 0.3 is 0 Å². The van der Waals surface area contributed by atoms with E-state index in [0.717, 1.165) is 22.5 Å². The summed E-state index contributed by atoms with van der Waals surface area (Å²) in [7, 11) is 0. The van der Waals surface area contributed by atoms with Crippen molar-refractivity contribution in [1.29, 1.82) is 0 Å². The Morgan fingerprint density at radius 2 is 2.00 bits per heavy atom. The predicted molar refractivity (Wildman–Crippen MR) is 90.0 cm³/mol. The van der Waals surface area contributed by atoms with Crippen LogP contribution in [0.5, 0.6) is 0 Å². The number of hydrogen-bond donors (Lipinski definition) is 2. The number of carbonyl (C=O) groups is 2. The number of benzene rings is 1. The molecule has 1 unspecified atom stereocenters. The van der Waals surface area contributed by atoms with Crippen LogP contribution in [0.4, 0.5) is 5.69 Å². The van der Waals surface area contributed by atoms with Crippen molar-refractivity contribution in [2.24, 2.45) is 0 Å². The van der Waals surface area contributed by atoms with E-state index < -0.39 is 0 Å². The van der Waals surface area contributed by atoms with Crippen molar-refractivity contribution in [3.63, 3.8) is 0 Å². The van der Waals surface area contributed by atoms with Gasteiger partial charge in [-0.1, -0.05) is 18.2 Å². The molecule has 5 nitrogen and oxygen atoms in total. The third kappa shape index (κ3) is 5.21. The number of pyridine rings is 1. The molecule has 5 heteroatoms. The third-order valence-corrected chi connectivity index (χ3v) is 3.42. The van der Waals surface area contributed by atoms with E-state index in [1.54, 1.807) is 6.20 Å². The van der Waals surface area contributed by atoms with E-state index in [2.05, 4.69) is 15.6 Å². The minimum Gasteiger partial charge on any atom is -0.349 e. The molecule has 2 amide bonds. The van der Waals surface area contributed by atoms with Gasteiger partial charge in [-0.15, -0.1) is 0 Å². The molecular formula is C18H21N3O2. The van der Waals surface area contributed by atoms with Gasteiger partial charge in [-0.2, -0.15) is 0 Å². The zero-order valence-corrected chi connectivity index (χ0v) is 13.6. The Labute approximate surface area is 136 Å². The van der Waals surface area contributed by atoms with Crippen LogP contribution in [-0.4, -0.2) is 16.8 Å². The van der Waals surface area contributed by atoms with Gasteiger partial charge < -0.3 is 10.6 Å². The van der Waals surface area contributed by atoms with Crippen molar-refractivity contribution in [1.82, 2.24) is 10.3 Å². The lowest BCUT2D eigenvalue weighted by Crippen LogP contribution is -2.28. The predicted octanol–water partition coefficient (Wildman–Crippen LogP) is 2.77. The molecule has 0 aliphatic heterocycles. The largest absolute Gasteiger partial charge is 0.349 e. The first-order valence-electron chi connectivity index (χ1n) is 7.52. The summed E-state index contributed by atoms with van der Waals surface area (Å²) in [4.78, 5) is 27.4. The molecule has 0 saturated heterocycles. The van der Waals surface area contributed by atoms with Crippen molar-refractivity contribution in [2.45, 2.75) is 33.2 Å². The Kier molecular flexibility index (Phi) is 5.46. The summed E-state index contributed by atoms with van der Waals surface area (Å²) in [5.74, 6) is -0.182. The van der Waals surface area contributed by atoms with Crippen LogP contribution < -0.4 is 10.6 Å². The maximum Gasteiger partial charge on any atom is 0.224 e. The Balaban J connectivity index is 1.97. The van der Waals surface area contributed by atoms with Crippen molar-refractivity contribution in [3.8, 4) is 0 Å². The maximum absolute atomic E-state index is 12.1. The average Bonchev–Trinajstić information content (AvgIpc) is 2.49. The second-order valence-electron chi connectivity index (χ2n) is 5.58. The molecule has 0 fully saturated rings. The number of aryl methyl sites for hydroxylation is 1. The SMILES string of the molecule is CC(=O)Nc1cccc(C(C)NC(=O)Cc2ccc(C)nc2)c1. The molecular weight excluding hydrogens is 290 g/mol. The van der Waals surface area contributed by atoms with Crippen LogP contribution in [0, 0.1) is 6.92 Å². The fourth-order valence-electron chi connectivity index (χ4n) is 2.25. The Hall–Kier alpha value is -2.69. The number of nitrogens with zero attached hydrogens (tertiary/aromatic N) is 1. The van der Waals surface area contributed by atoms with Crippen LogP contribution in [0.15, 0.2) is 42.6 Å². The minimum absolute atomic E-state index is 0.0620. The molecule has 0 aliphatic rings. The van der Waals surface area contributed by atoms with Gasteiger partial charge in [0.25, 0.3) is 0 Å². The Morgan fingerprint density at radius 1 is 1.22 bits per heavy atom. The van der Waals surface area contributed by atoms with Gasteiger partial charge in [0.1, 0.15) is 0 Å². The number of amides is 2. The summed E-state index contributed by atoms with van der Waals surface area (Å²) in [6, 6.07) is 11.1. The number of aromatic nitrogens is 1. The average molecular weight is 311 g/mol. The highest BCUT2D eigenvalue weighted by Crippen LogP contribution is 2.17. The summed E-state index contributed by atoms with van der Waals surface area (Å²) in [5.41, 5.74) is 3.47. The fourth-order valence-corrected chi connectivity index (χ4v) is 2.25. The third-order valence-electron chi connectivity index (χ3n) is 3.42. The van der Waals surface area contributed by atoms with Crippen LogP contribution in [0.2, 0.25) is 0 Å². The summed E-state index contributed by atoms with van der Waals surface area (Å²) in [6.45, 7) is 5.29. The van der Waals surface area contributed by atoms with Gasteiger partial charge in [-0.3, -0.25) is 14.6 Å². The van der Waals surface area contributed by atoms with Crippen LogP contribution >= 0.6 is 0 Å². The zero-order valence-electron chi connectivity index (χ0n) is 13.6. The molecule has 0 radical (unpaired) electrons. The monoisotopic (exact) mass is 311 g/mol. The van der Waals surface area contributed by atoms with Crippen molar-refractivity contribution >= 4 is 17.5 Å². The van der Waals surface area contributed by atoms with Crippen LogP contribution in [0.3, 0.4) is 0 Å². The fraction of sp³-hybridized carbons (Fsp3) is 0.278. The Morgan fingerprint density at radius 3 is 2.65 bits per heavy atom. The molecule has 1 heterocycles. The first-order chi connectivity index (χ1) is 10.9. The summed E-state index contributed by atoms with van der Waals surface area (Å²) in [5, 5.41) is 5.70. The van der Waals surface area contributed by atoms with E-state index in [0.29, 0.717) is 6.42 Å². The van der Waals surface area contributed by atoms with Crippen molar-refractivity contribution < 1.29 is 9.59 Å². The van der Waals surface area contributed by atoms with Gasteiger partial charge in [0.2, 0.25) is 11.8 Å². The van der Waals surface area contributed by atoms with Crippen molar-refractivity contribution in [2.75, 3.05) is 5.32 Å². The number of rotatable bonds is 5. The lowest BCUT2D eigenvalue weighted by atomic mass is 10.1. The molecule has 0 aliphatic carbocycles. The molecule has 23 heavy (non-hydrogen) atoms. The molecule has 0 bridgehead atoms. The first kappa shape index (κ1) is 16.7. The minimum atomic E-state index is -0.144. The lowest BCUT2D eigenvalue weighted by Gasteiger charge is -2.15. The zero-order chi connectivity index (χ0) is 16.8. The van der Waals surface area contributed by atoms with Gasteiger partial charge in [-0.25, -0.2) is 0 Å². The van der Waals surface area contributed by atoms with Crippen LogP contribution in [0.1, 0.15) is 36.7 Å². The molecule has 1 aromatic carbocycles.